The molecule has 0 saturated carbocycles. The number of halogens is 3. The smallest absolute Gasteiger partial charge is 0.297 e. The van der Waals surface area contributed by atoms with Gasteiger partial charge in [-0.1, -0.05) is 30.3 Å². The van der Waals surface area contributed by atoms with Crippen molar-refractivity contribution in [2.24, 2.45) is 0 Å². The van der Waals surface area contributed by atoms with Crippen molar-refractivity contribution < 1.29 is 13.2 Å². The second-order valence-corrected chi connectivity index (χ2v) is 5.02. The molecule has 0 spiro atoms. The minimum Gasteiger partial charge on any atom is -0.369 e. The number of fused-ring (bicyclic) bond motifs is 1. The number of alkyl halides is 2. The van der Waals surface area contributed by atoms with Gasteiger partial charge in [0, 0.05) is 11.9 Å². The van der Waals surface area contributed by atoms with Crippen molar-refractivity contribution in [3.63, 3.8) is 0 Å². The fourth-order valence-corrected chi connectivity index (χ4v) is 2.34. The first kappa shape index (κ1) is 15.3. The second-order valence-electron chi connectivity index (χ2n) is 5.02. The van der Waals surface area contributed by atoms with Gasteiger partial charge in [-0.05, 0) is 30.2 Å². The zero-order valence-corrected chi connectivity index (χ0v) is 12.1. The highest BCUT2D eigenvalue weighted by Crippen LogP contribution is 2.24. The molecule has 0 atom stereocenters. The van der Waals surface area contributed by atoms with Gasteiger partial charge in [0.15, 0.2) is 5.82 Å². The van der Waals surface area contributed by atoms with E-state index in [0.29, 0.717) is 35.2 Å². The summed E-state index contributed by atoms with van der Waals surface area (Å²) >= 11 is 0. The number of nitrogens with one attached hydrogen (secondary N) is 1. The van der Waals surface area contributed by atoms with E-state index in [-0.39, 0.29) is 5.82 Å². The number of para-hydroxylation sites is 1. The van der Waals surface area contributed by atoms with Gasteiger partial charge in [0.2, 0.25) is 0 Å². The molecule has 0 radical (unpaired) electrons. The Labute approximate surface area is 131 Å². The Morgan fingerprint density at radius 2 is 1.70 bits per heavy atom. The Hall–Kier alpha value is -2.63. The SMILES string of the molecule is Fc1ccccc1CCNc1nc(C(F)F)nc2ccccc12. The third-order valence-corrected chi connectivity index (χ3v) is 3.46. The monoisotopic (exact) mass is 317 g/mol. The van der Waals surface area contributed by atoms with Crippen molar-refractivity contribution in [3.8, 4) is 0 Å². The largest absolute Gasteiger partial charge is 0.369 e. The minimum atomic E-state index is -2.74. The third-order valence-electron chi connectivity index (χ3n) is 3.46. The van der Waals surface area contributed by atoms with Crippen molar-refractivity contribution >= 4 is 16.7 Å². The number of anilines is 1. The molecule has 1 heterocycles. The zero-order chi connectivity index (χ0) is 16.2. The van der Waals surface area contributed by atoms with Crippen LogP contribution < -0.4 is 5.32 Å². The summed E-state index contributed by atoms with van der Waals surface area (Å²) in [6, 6.07) is 13.4. The van der Waals surface area contributed by atoms with Gasteiger partial charge in [-0.2, -0.15) is 0 Å². The van der Waals surface area contributed by atoms with E-state index in [0.717, 1.165) is 0 Å². The van der Waals surface area contributed by atoms with E-state index >= 15 is 0 Å². The van der Waals surface area contributed by atoms with Gasteiger partial charge in [0.05, 0.1) is 5.52 Å². The molecule has 0 aliphatic rings. The van der Waals surface area contributed by atoms with Crippen LogP contribution in [0.15, 0.2) is 48.5 Å². The van der Waals surface area contributed by atoms with Crippen molar-refractivity contribution in [2.75, 3.05) is 11.9 Å². The van der Waals surface area contributed by atoms with Crippen LogP contribution in [0, 0.1) is 5.82 Å². The van der Waals surface area contributed by atoms with Gasteiger partial charge in [-0.15, -0.1) is 0 Å². The molecule has 6 heteroatoms. The lowest BCUT2D eigenvalue weighted by molar-refractivity contribution is 0.141. The number of hydrogen-bond acceptors (Lipinski definition) is 3. The number of rotatable bonds is 5. The summed E-state index contributed by atoms with van der Waals surface area (Å²) in [5, 5.41) is 3.67. The quantitative estimate of drug-likeness (QED) is 0.760. The van der Waals surface area contributed by atoms with Crippen LogP contribution in [0.2, 0.25) is 0 Å². The molecule has 118 valence electrons. The molecule has 23 heavy (non-hydrogen) atoms. The number of benzene rings is 2. The van der Waals surface area contributed by atoms with Crippen LogP contribution in [-0.4, -0.2) is 16.5 Å². The summed E-state index contributed by atoms with van der Waals surface area (Å²) < 4.78 is 39.4. The van der Waals surface area contributed by atoms with E-state index in [2.05, 4.69) is 15.3 Å². The molecule has 0 aliphatic carbocycles. The molecule has 0 bridgehead atoms. The summed E-state index contributed by atoms with van der Waals surface area (Å²) in [6.07, 6.45) is -2.32. The first-order valence-corrected chi connectivity index (χ1v) is 7.17. The lowest BCUT2D eigenvalue weighted by atomic mass is 10.1. The highest BCUT2D eigenvalue weighted by molar-refractivity contribution is 5.88. The van der Waals surface area contributed by atoms with Crippen molar-refractivity contribution in [1.29, 1.82) is 0 Å². The Morgan fingerprint density at radius 1 is 0.957 bits per heavy atom. The average Bonchev–Trinajstić information content (AvgIpc) is 2.56. The van der Waals surface area contributed by atoms with E-state index in [4.69, 9.17) is 0 Å². The van der Waals surface area contributed by atoms with Gasteiger partial charge < -0.3 is 5.32 Å². The molecule has 3 aromatic rings. The van der Waals surface area contributed by atoms with Crippen LogP contribution in [0.4, 0.5) is 19.0 Å². The van der Waals surface area contributed by atoms with Crippen LogP contribution >= 0.6 is 0 Å². The van der Waals surface area contributed by atoms with Crippen LogP contribution in [0.3, 0.4) is 0 Å². The molecule has 0 fully saturated rings. The summed E-state index contributed by atoms with van der Waals surface area (Å²) in [7, 11) is 0. The fourth-order valence-electron chi connectivity index (χ4n) is 2.34. The van der Waals surface area contributed by atoms with Gasteiger partial charge >= 0.3 is 0 Å². The molecule has 0 amide bonds. The third kappa shape index (κ3) is 3.41. The van der Waals surface area contributed by atoms with E-state index in [1.807, 2.05) is 0 Å². The summed E-state index contributed by atoms with van der Waals surface area (Å²) in [5.41, 5.74) is 1.01. The first-order valence-electron chi connectivity index (χ1n) is 7.17. The Bertz CT molecular complexity index is 821. The topological polar surface area (TPSA) is 37.8 Å². The van der Waals surface area contributed by atoms with E-state index in [1.165, 1.54) is 6.07 Å². The van der Waals surface area contributed by atoms with Crippen LogP contribution in [0.1, 0.15) is 17.8 Å². The molecule has 1 aromatic heterocycles. The Balaban J connectivity index is 1.83. The number of hydrogen-bond donors (Lipinski definition) is 1. The molecule has 0 saturated heterocycles. The van der Waals surface area contributed by atoms with E-state index in [9.17, 15) is 13.2 Å². The maximum Gasteiger partial charge on any atom is 0.297 e. The maximum absolute atomic E-state index is 13.6. The van der Waals surface area contributed by atoms with Gasteiger partial charge in [-0.3, -0.25) is 0 Å². The van der Waals surface area contributed by atoms with Crippen molar-refractivity contribution in [3.05, 3.63) is 65.7 Å². The van der Waals surface area contributed by atoms with Crippen LogP contribution in [0.25, 0.3) is 10.9 Å². The normalized spacial score (nSPS) is 11.1. The highest BCUT2D eigenvalue weighted by atomic mass is 19.3. The first-order chi connectivity index (χ1) is 11.1. The van der Waals surface area contributed by atoms with Crippen molar-refractivity contribution in [2.45, 2.75) is 12.8 Å². The molecule has 0 aliphatic heterocycles. The van der Waals surface area contributed by atoms with E-state index < -0.39 is 12.2 Å². The van der Waals surface area contributed by atoms with Crippen molar-refractivity contribution in [1.82, 2.24) is 9.97 Å². The standard InChI is InChI=1S/C17H14F3N3/c18-13-7-3-1-5-11(13)9-10-21-16-12-6-2-4-8-14(12)22-17(23-16)15(19)20/h1-8,15H,9-10H2,(H,21,22,23). The minimum absolute atomic E-state index is 0.282. The second kappa shape index (κ2) is 6.64. The molecule has 2 aromatic carbocycles. The van der Waals surface area contributed by atoms with Gasteiger partial charge in [0.1, 0.15) is 11.6 Å². The molecule has 0 unspecified atom stereocenters. The molecular formula is C17H14F3N3. The number of nitrogens with zero attached hydrogens (tertiary/aromatic N) is 2. The molecular weight excluding hydrogens is 303 g/mol. The lowest BCUT2D eigenvalue weighted by Crippen LogP contribution is -2.10. The highest BCUT2D eigenvalue weighted by Gasteiger charge is 2.14. The Kier molecular flexibility index (Phi) is 4.41. The lowest BCUT2D eigenvalue weighted by Gasteiger charge is -2.11. The summed E-state index contributed by atoms with van der Waals surface area (Å²) in [5.74, 6) is -0.463. The van der Waals surface area contributed by atoms with Crippen LogP contribution in [0.5, 0.6) is 0 Å². The molecule has 3 nitrogen and oxygen atoms in total. The van der Waals surface area contributed by atoms with Gasteiger partial charge in [-0.25, -0.2) is 23.1 Å². The average molecular weight is 317 g/mol. The predicted octanol–water partition coefficient (Wildman–Crippen LogP) is 4.36. The van der Waals surface area contributed by atoms with E-state index in [1.54, 1.807) is 42.5 Å². The zero-order valence-electron chi connectivity index (χ0n) is 12.1. The predicted molar refractivity (Wildman–Crippen MR) is 83.1 cm³/mol. The maximum atomic E-state index is 13.6. The van der Waals surface area contributed by atoms with Crippen LogP contribution in [-0.2, 0) is 6.42 Å². The Morgan fingerprint density at radius 3 is 2.48 bits per heavy atom. The number of aromatic nitrogens is 2. The van der Waals surface area contributed by atoms with Gasteiger partial charge in [0.25, 0.3) is 6.43 Å². The molecule has 1 N–H and O–H groups in total. The summed E-state index contributed by atoms with van der Waals surface area (Å²) in [4.78, 5) is 7.74. The fraction of sp³-hybridized carbons (Fsp3) is 0.176. The summed E-state index contributed by atoms with van der Waals surface area (Å²) in [6.45, 7) is 0.380. The molecule has 3 rings (SSSR count).